The highest BCUT2D eigenvalue weighted by Gasteiger charge is 2.73. The molecule has 3 heterocycles. The number of carbonyl (C=O) groups is 3. The summed E-state index contributed by atoms with van der Waals surface area (Å²) in [6.07, 6.45) is 3.40. The largest absolute Gasteiger partial charge is 0.504 e. The molecule has 8 rings (SSSR count). The van der Waals surface area contributed by atoms with E-state index in [1.54, 1.807) is 6.07 Å². The Morgan fingerprint density at radius 3 is 2.34 bits per heavy atom. The van der Waals surface area contributed by atoms with Gasteiger partial charge in [-0.25, -0.2) is 9.59 Å². The number of carboxylic acids is 2. The number of piperidine rings is 1. The van der Waals surface area contributed by atoms with Crippen LogP contribution in [0.1, 0.15) is 55.2 Å². The second-order valence-corrected chi connectivity index (χ2v) is 13.8. The van der Waals surface area contributed by atoms with Gasteiger partial charge in [-0.15, -0.1) is 0 Å². The summed E-state index contributed by atoms with van der Waals surface area (Å²) in [6.45, 7) is 2.66. The second kappa shape index (κ2) is 11.6. The highest BCUT2D eigenvalue weighted by molar-refractivity contribution is 6.00. The molecule has 6 aliphatic rings. The third kappa shape index (κ3) is 5.00. The average molecular weight is 649 g/mol. The van der Waals surface area contributed by atoms with Gasteiger partial charge in [-0.1, -0.05) is 36.4 Å². The number of aromatic hydroxyl groups is 1. The number of aliphatic hydroxyl groups excluding tert-OH is 2. The monoisotopic (exact) mass is 648 g/mol. The zero-order chi connectivity index (χ0) is 33.2. The number of hydrogen-bond donors (Lipinski definition) is 6. The van der Waals surface area contributed by atoms with Crippen molar-refractivity contribution in [1.29, 1.82) is 0 Å². The van der Waals surface area contributed by atoms with E-state index in [4.69, 9.17) is 25.2 Å². The van der Waals surface area contributed by atoms with Gasteiger partial charge in [0, 0.05) is 30.3 Å². The van der Waals surface area contributed by atoms with Crippen molar-refractivity contribution in [3.63, 3.8) is 0 Å². The van der Waals surface area contributed by atoms with Gasteiger partial charge >= 0.3 is 11.9 Å². The highest BCUT2D eigenvalue weighted by atomic mass is 16.5. The number of aliphatic hydroxyl groups is 3. The number of rotatable bonds is 7. The summed E-state index contributed by atoms with van der Waals surface area (Å²) in [5.74, 6) is -1.99. The number of aliphatic carboxylic acids is 2. The maximum atomic E-state index is 13.7. The Morgan fingerprint density at radius 1 is 0.979 bits per heavy atom. The molecule has 2 bridgehead atoms. The molecule has 1 amide bonds. The van der Waals surface area contributed by atoms with Crippen molar-refractivity contribution in [2.45, 2.75) is 86.4 Å². The lowest BCUT2D eigenvalue weighted by atomic mass is 9.48. The number of nitrogens with zero attached hydrogens (tertiary/aromatic N) is 2. The number of likely N-dealkylation sites (tertiary alicyclic amines) is 2. The summed E-state index contributed by atoms with van der Waals surface area (Å²) >= 11 is 0. The number of hydrogen-bond acceptors (Lipinski definition) is 9. The summed E-state index contributed by atoms with van der Waals surface area (Å²) < 4.78 is 6.69. The number of phenolic OH excluding ortho intramolecular Hbond substituents is 1. The zero-order valence-corrected chi connectivity index (χ0v) is 25.9. The Kier molecular flexibility index (Phi) is 7.82. The molecule has 1 spiro atoms. The molecule has 4 fully saturated rings. The van der Waals surface area contributed by atoms with Gasteiger partial charge in [0.25, 0.3) is 0 Å². The van der Waals surface area contributed by atoms with E-state index in [-0.39, 0.29) is 29.8 Å². The molecule has 250 valence electrons. The van der Waals surface area contributed by atoms with Crippen molar-refractivity contribution in [2.24, 2.45) is 5.92 Å². The van der Waals surface area contributed by atoms with E-state index in [2.05, 4.69) is 4.90 Å². The van der Waals surface area contributed by atoms with Gasteiger partial charge in [0.15, 0.2) is 23.7 Å². The van der Waals surface area contributed by atoms with E-state index in [0.717, 1.165) is 55.0 Å². The Labute approximate surface area is 271 Å². The van der Waals surface area contributed by atoms with Gasteiger partial charge in [-0.3, -0.25) is 9.69 Å². The van der Waals surface area contributed by atoms with Crippen molar-refractivity contribution in [2.75, 3.05) is 19.6 Å². The summed E-state index contributed by atoms with van der Waals surface area (Å²) in [4.78, 5) is 37.8. The maximum absolute atomic E-state index is 13.7. The molecule has 12 heteroatoms. The second-order valence-electron chi connectivity index (χ2n) is 13.8. The number of carboxylic acid groups (broad SMARTS) is 2. The van der Waals surface area contributed by atoms with Crippen LogP contribution in [0.15, 0.2) is 48.0 Å². The molecule has 2 aromatic carbocycles. The molecule has 6 N–H and O–H groups in total. The van der Waals surface area contributed by atoms with E-state index in [1.807, 2.05) is 47.4 Å². The molecule has 0 aromatic heterocycles. The smallest absolute Gasteiger partial charge is 0.335 e. The van der Waals surface area contributed by atoms with Gasteiger partial charge in [0.2, 0.25) is 5.91 Å². The molecule has 3 aliphatic carbocycles. The van der Waals surface area contributed by atoms with Gasteiger partial charge in [-0.05, 0) is 80.7 Å². The lowest BCUT2D eigenvalue weighted by Crippen LogP contribution is -2.78. The minimum Gasteiger partial charge on any atom is -0.504 e. The summed E-state index contributed by atoms with van der Waals surface area (Å²) in [5, 5.41) is 56.1. The lowest BCUT2D eigenvalue weighted by molar-refractivity contribution is -0.200. The van der Waals surface area contributed by atoms with Crippen LogP contribution in [0.3, 0.4) is 0 Å². The van der Waals surface area contributed by atoms with Gasteiger partial charge in [0.05, 0.1) is 17.1 Å². The van der Waals surface area contributed by atoms with Crippen LogP contribution < -0.4 is 4.74 Å². The van der Waals surface area contributed by atoms with Crippen LogP contribution in [0.25, 0.3) is 6.08 Å². The first-order valence-electron chi connectivity index (χ1n) is 16.3. The first kappa shape index (κ1) is 31.6. The Bertz CT molecular complexity index is 1610. The van der Waals surface area contributed by atoms with Crippen LogP contribution in [0, 0.1) is 5.92 Å². The van der Waals surface area contributed by atoms with Crippen molar-refractivity contribution < 1.29 is 49.8 Å². The molecular weight excluding hydrogens is 608 g/mol. The van der Waals surface area contributed by atoms with E-state index in [9.17, 15) is 24.6 Å². The van der Waals surface area contributed by atoms with Crippen molar-refractivity contribution in [3.8, 4) is 11.5 Å². The molecule has 2 saturated heterocycles. The normalized spacial score (nSPS) is 32.6. The third-order valence-electron chi connectivity index (χ3n) is 11.2. The lowest BCUT2D eigenvalue weighted by Gasteiger charge is -2.64. The molecule has 0 radical (unpaired) electrons. The molecule has 3 aliphatic heterocycles. The summed E-state index contributed by atoms with van der Waals surface area (Å²) in [6, 6.07) is 13.8. The average Bonchev–Trinajstić information content (AvgIpc) is 3.70. The Hall–Kier alpha value is -3.97. The number of phenols is 1. The summed E-state index contributed by atoms with van der Waals surface area (Å²) in [5.41, 5.74) is 2.60. The standard InChI is InChI=1S/C31H34N2O4.C4H6O6/c34-24-9-8-21-17-25-31(36)12-10-23(33-14-11-22(29(33)35)16-19-4-2-1-3-5-19)28-30(31,26(21)27(24)37-28)13-15-32(25)18-20-6-7-20;5-1(3(7)8)2(6)4(9)10/h1-5,8-9,16,20,23,25,28,34,36H,6-7,10-15,17-18H2;1-2,5-6H,(H,7,8)(H,9,10)/b22-16-;/t23-,25-,28+,30+,31-;/m1./s1. The fourth-order valence-electron chi connectivity index (χ4n) is 8.88. The van der Waals surface area contributed by atoms with Crippen molar-refractivity contribution >= 4 is 23.9 Å². The van der Waals surface area contributed by atoms with E-state index < -0.39 is 35.2 Å². The molecule has 2 saturated carbocycles. The van der Waals surface area contributed by atoms with E-state index in [0.29, 0.717) is 25.1 Å². The van der Waals surface area contributed by atoms with Crippen LogP contribution in [-0.4, -0.2) is 114 Å². The third-order valence-corrected chi connectivity index (χ3v) is 11.2. The molecule has 2 unspecified atom stereocenters. The fourth-order valence-corrected chi connectivity index (χ4v) is 8.88. The highest BCUT2D eigenvalue weighted by Crippen LogP contribution is 2.66. The maximum Gasteiger partial charge on any atom is 0.335 e. The predicted octanol–water partition coefficient (Wildman–Crippen LogP) is 1.52. The quantitative estimate of drug-likeness (QED) is 0.239. The zero-order valence-electron chi connectivity index (χ0n) is 25.9. The Morgan fingerprint density at radius 2 is 1.68 bits per heavy atom. The predicted molar refractivity (Wildman–Crippen MR) is 167 cm³/mol. The SMILES string of the molecule is O=C(O)C(O)C(O)C(=O)O.O=C1/C(=C\c2ccccc2)CCN1[C@@H]1CC[C@@]2(O)[C@H]3Cc4ccc(O)c5c4[C@@]2(CCN3CC2CC2)[C@H]1O5. The van der Waals surface area contributed by atoms with Crippen LogP contribution in [0.2, 0.25) is 0 Å². The Balaban J connectivity index is 0.000000308. The number of ether oxygens (including phenoxy) is 1. The van der Waals surface area contributed by atoms with E-state index in [1.165, 1.54) is 18.4 Å². The van der Waals surface area contributed by atoms with Gasteiger partial charge < -0.3 is 40.3 Å². The molecule has 12 nitrogen and oxygen atoms in total. The fraction of sp³-hybridized carbons (Fsp3) is 0.514. The minimum atomic E-state index is -2.27. The van der Waals surface area contributed by atoms with Crippen LogP contribution in [-0.2, 0) is 26.2 Å². The first-order valence-corrected chi connectivity index (χ1v) is 16.3. The topological polar surface area (TPSA) is 188 Å². The van der Waals surface area contributed by atoms with Gasteiger partial charge in [-0.2, -0.15) is 0 Å². The van der Waals surface area contributed by atoms with Crippen molar-refractivity contribution in [3.05, 3.63) is 64.7 Å². The van der Waals surface area contributed by atoms with Crippen LogP contribution in [0.5, 0.6) is 11.5 Å². The molecular formula is C35H40N2O10. The van der Waals surface area contributed by atoms with E-state index >= 15 is 0 Å². The summed E-state index contributed by atoms with van der Waals surface area (Å²) in [7, 11) is 0. The van der Waals surface area contributed by atoms with Crippen molar-refractivity contribution in [1.82, 2.24) is 9.80 Å². The van der Waals surface area contributed by atoms with Crippen LogP contribution in [0.4, 0.5) is 0 Å². The molecule has 2 aromatic rings. The van der Waals surface area contributed by atoms with Crippen LogP contribution >= 0.6 is 0 Å². The number of amides is 1. The van der Waals surface area contributed by atoms with Gasteiger partial charge in [0.1, 0.15) is 6.10 Å². The molecule has 47 heavy (non-hydrogen) atoms. The number of benzene rings is 2. The first-order chi connectivity index (χ1) is 22.5. The number of carbonyl (C=O) groups excluding carboxylic acids is 1. The molecule has 7 atom stereocenters. The minimum absolute atomic E-state index is 0.0553.